The van der Waals surface area contributed by atoms with E-state index < -0.39 is 25.1 Å². The summed E-state index contributed by atoms with van der Waals surface area (Å²) < 4.78 is 33.7. The van der Waals surface area contributed by atoms with Gasteiger partial charge in [0.25, 0.3) is 5.91 Å². The third-order valence-electron chi connectivity index (χ3n) is 4.28. The highest BCUT2D eigenvalue weighted by Gasteiger charge is 2.15. The van der Waals surface area contributed by atoms with Gasteiger partial charge in [0.05, 0.1) is 11.1 Å². The predicted molar refractivity (Wildman–Crippen MR) is 107 cm³/mol. The van der Waals surface area contributed by atoms with Gasteiger partial charge < -0.3 is 14.8 Å². The predicted octanol–water partition coefficient (Wildman–Crippen LogP) is 3.66. The van der Waals surface area contributed by atoms with E-state index in [1.54, 1.807) is 43.3 Å². The first-order chi connectivity index (χ1) is 14.4. The van der Waals surface area contributed by atoms with Crippen LogP contribution in [0.3, 0.4) is 0 Å². The fourth-order valence-corrected chi connectivity index (χ4v) is 2.92. The van der Waals surface area contributed by atoms with Gasteiger partial charge >= 0.3 is 12.6 Å². The van der Waals surface area contributed by atoms with Gasteiger partial charge in [-0.05, 0) is 43.2 Å². The van der Waals surface area contributed by atoms with Crippen molar-refractivity contribution in [2.75, 3.05) is 13.2 Å². The standard InChI is InChI=1S/C22H20F2N2O4/c1-14-12-18(17-4-2-3-5-19(17)26-14)21(28)29-13-20(27)25-11-10-15-6-8-16(9-7-15)30-22(23)24/h2-9,12,22H,10-11,13H2,1H3,(H,25,27). The smallest absolute Gasteiger partial charge is 0.387 e. The topological polar surface area (TPSA) is 77.5 Å². The van der Waals surface area contributed by atoms with E-state index in [4.69, 9.17) is 4.74 Å². The van der Waals surface area contributed by atoms with E-state index in [0.29, 0.717) is 35.1 Å². The number of para-hydroxylation sites is 1. The fraction of sp³-hybridized carbons (Fsp3) is 0.227. The Morgan fingerprint density at radius 3 is 2.57 bits per heavy atom. The van der Waals surface area contributed by atoms with Gasteiger partial charge in [0.2, 0.25) is 0 Å². The van der Waals surface area contributed by atoms with Crippen LogP contribution in [-0.2, 0) is 16.0 Å². The van der Waals surface area contributed by atoms with Crippen molar-refractivity contribution in [1.29, 1.82) is 0 Å². The second kappa shape index (κ2) is 9.78. The molecule has 0 aliphatic carbocycles. The molecule has 156 valence electrons. The first-order valence-electron chi connectivity index (χ1n) is 9.26. The number of amides is 1. The van der Waals surface area contributed by atoms with Crippen LogP contribution in [-0.4, -0.2) is 36.6 Å². The number of benzene rings is 2. The molecule has 0 unspecified atom stereocenters. The molecule has 6 nitrogen and oxygen atoms in total. The van der Waals surface area contributed by atoms with E-state index in [1.807, 2.05) is 6.07 Å². The molecule has 3 rings (SSSR count). The van der Waals surface area contributed by atoms with Crippen molar-refractivity contribution in [3.8, 4) is 5.75 Å². The lowest BCUT2D eigenvalue weighted by atomic mass is 10.1. The number of nitrogens with one attached hydrogen (secondary N) is 1. The minimum atomic E-state index is -2.87. The first kappa shape index (κ1) is 21.2. The van der Waals surface area contributed by atoms with E-state index in [0.717, 1.165) is 5.56 Å². The summed E-state index contributed by atoms with van der Waals surface area (Å²) in [6, 6.07) is 15.0. The zero-order valence-electron chi connectivity index (χ0n) is 16.2. The normalized spacial score (nSPS) is 10.8. The molecule has 1 heterocycles. The summed E-state index contributed by atoms with van der Waals surface area (Å²) in [5.74, 6) is -0.957. The number of alkyl halides is 2. The molecule has 3 aromatic rings. The number of halogens is 2. The van der Waals surface area contributed by atoms with Gasteiger partial charge in [-0.15, -0.1) is 0 Å². The number of pyridine rings is 1. The highest BCUT2D eigenvalue weighted by Crippen LogP contribution is 2.19. The number of hydrogen-bond acceptors (Lipinski definition) is 5. The van der Waals surface area contributed by atoms with Crippen LogP contribution in [0.15, 0.2) is 54.6 Å². The average molecular weight is 414 g/mol. The zero-order valence-corrected chi connectivity index (χ0v) is 16.2. The number of ether oxygens (including phenoxy) is 2. The third-order valence-corrected chi connectivity index (χ3v) is 4.28. The van der Waals surface area contributed by atoms with Crippen LogP contribution in [0, 0.1) is 6.92 Å². The van der Waals surface area contributed by atoms with Crippen molar-refractivity contribution in [2.45, 2.75) is 20.0 Å². The fourth-order valence-electron chi connectivity index (χ4n) is 2.92. The molecule has 0 saturated heterocycles. The van der Waals surface area contributed by atoms with Crippen molar-refractivity contribution in [1.82, 2.24) is 10.3 Å². The molecule has 0 atom stereocenters. The van der Waals surface area contributed by atoms with E-state index in [1.165, 1.54) is 12.1 Å². The average Bonchev–Trinajstić information content (AvgIpc) is 2.72. The van der Waals surface area contributed by atoms with Crippen LogP contribution < -0.4 is 10.1 Å². The van der Waals surface area contributed by atoms with Gasteiger partial charge in [-0.2, -0.15) is 8.78 Å². The van der Waals surface area contributed by atoms with Crippen molar-refractivity contribution in [3.05, 3.63) is 71.4 Å². The molecule has 0 aliphatic heterocycles. The summed E-state index contributed by atoms with van der Waals surface area (Å²) in [5, 5.41) is 3.31. The number of carbonyl (C=O) groups excluding carboxylic acids is 2. The molecule has 30 heavy (non-hydrogen) atoms. The van der Waals surface area contributed by atoms with Crippen LogP contribution in [0.1, 0.15) is 21.6 Å². The summed E-state index contributed by atoms with van der Waals surface area (Å²) in [6.07, 6.45) is 0.489. The molecule has 0 radical (unpaired) electrons. The molecule has 1 amide bonds. The molecule has 2 aromatic carbocycles. The maximum absolute atomic E-state index is 12.4. The molecule has 0 bridgehead atoms. The van der Waals surface area contributed by atoms with Gasteiger partial charge in [0, 0.05) is 17.6 Å². The number of esters is 1. The Labute approximate surface area is 171 Å². The first-order valence-corrected chi connectivity index (χ1v) is 9.26. The SMILES string of the molecule is Cc1cc(C(=O)OCC(=O)NCCc2ccc(OC(F)F)cc2)c2ccccc2n1. The minimum absolute atomic E-state index is 0.0728. The van der Waals surface area contributed by atoms with E-state index in [9.17, 15) is 18.4 Å². The summed E-state index contributed by atoms with van der Waals surface area (Å²) in [6.45, 7) is -1.19. The largest absolute Gasteiger partial charge is 0.452 e. The summed E-state index contributed by atoms with van der Waals surface area (Å²) in [7, 11) is 0. The Balaban J connectivity index is 1.47. The second-order valence-electron chi connectivity index (χ2n) is 6.53. The molecule has 8 heteroatoms. The van der Waals surface area contributed by atoms with Gasteiger partial charge in [0.15, 0.2) is 6.61 Å². The summed E-state index contributed by atoms with van der Waals surface area (Å²) >= 11 is 0. The van der Waals surface area contributed by atoms with Crippen molar-refractivity contribution < 1.29 is 27.8 Å². The lowest BCUT2D eigenvalue weighted by molar-refractivity contribution is -0.124. The minimum Gasteiger partial charge on any atom is -0.452 e. The number of rotatable bonds is 8. The van der Waals surface area contributed by atoms with Crippen molar-refractivity contribution >= 4 is 22.8 Å². The zero-order chi connectivity index (χ0) is 21.5. The number of hydrogen-bond donors (Lipinski definition) is 1. The summed E-state index contributed by atoms with van der Waals surface area (Å²) in [4.78, 5) is 28.8. The molecule has 0 spiro atoms. The van der Waals surface area contributed by atoms with E-state index in [-0.39, 0.29) is 5.75 Å². The van der Waals surface area contributed by atoms with Gasteiger partial charge in [-0.3, -0.25) is 9.78 Å². The lowest BCUT2D eigenvalue weighted by Crippen LogP contribution is -2.30. The molecule has 0 fully saturated rings. The van der Waals surface area contributed by atoms with Crippen LogP contribution in [0.25, 0.3) is 10.9 Å². The Hall–Kier alpha value is -3.55. The molecular formula is C22H20F2N2O4. The highest BCUT2D eigenvalue weighted by molar-refractivity contribution is 6.04. The maximum atomic E-state index is 12.4. The van der Waals surface area contributed by atoms with Gasteiger partial charge in [-0.1, -0.05) is 30.3 Å². The van der Waals surface area contributed by atoms with E-state index in [2.05, 4.69) is 15.0 Å². The summed E-state index contributed by atoms with van der Waals surface area (Å²) in [5.41, 5.74) is 2.55. The maximum Gasteiger partial charge on any atom is 0.387 e. The van der Waals surface area contributed by atoms with Crippen LogP contribution in [0.4, 0.5) is 8.78 Å². The second-order valence-corrected chi connectivity index (χ2v) is 6.53. The number of nitrogens with zero attached hydrogens (tertiary/aromatic N) is 1. The number of aryl methyl sites for hydroxylation is 1. The Kier molecular flexibility index (Phi) is 6.90. The van der Waals surface area contributed by atoms with Crippen LogP contribution in [0.2, 0.25) is 0 Å². The molecule has 1 aromatic heterocycles. The molecule has 1 N–H and O–H groups in total. The van der Waals surface area contributed by atoms with Gasteiger partial charge in [-0.25, -0.2) is 4.79 Å². The lowest BCUT2D eigenvalue weighted by Gasteiger charge is -2.09. The molecule has 0 saturated carbocycles. The Morgan fingerprint density at radius 2 is 1.83 bits per heavy atom. The molecule has 0 aliphatic rings. The van der Waals surface area contributed by atoms with Crippen LogP contribution >= 0.6 is 0 Å². The molecular weight excluding hydrogens is 394 g/mol. The van der Waals surface area contributed by atoms with Crippen LogP contribution in [0.5, 0.6) is 5.75 Å². The number of aromatic nitrogens is 1. The van der Waals surface area contributed by atoms with E-state index >= 15 is 0 Å². The third kappa shape index (κ3) is 5.73. The van der Waals surface area contributed by atoms with Gasteiger partial charge in [0.1, 0.15) is 5.75 Å². The quantitative estimate of drug-likeness (QED) is 0.569. The van der Waals surface area contributed by atoms with Crippen molar-refractivity contribution in [2.24, 2.45) is 0 Å². The highest BCUT2D eigenvalue weighted by atomic mass is 19.3. The Morgan fingerprint density at radius 1 is 1.10 bits per heavy atom. The monoisotopic (exact) mass is 414 g/mol. The van der Waals surface area contributed by atoms with Crippen molar-refractivity contribution in [3.63, 3.8) is 0 Å². The Bertz CT molecular complexity index is 1040. The number of fused-ring (bicyclic) bond motifs is 1. The number of carbonyl (C=O) groups is 2.